The summed E-state index contributed by atoms with van der Waals surface area (Å²) in [5.41, 5.74) is 3.33. The molecule has 1 unspecified atom stereocenters. The number of nitrogens with zero attached hydrogens (tertiary/aromatic N) is 1. The lowest BCUT2D eigenvalue weighted by Gasteiger charge is -2.31. The lowest BCUT2D eigenvalue weighted by Crippen LogP contribution is -2.46. The Morgan fingerprint density at radius 1 is 1.40 bits per heavy atom. The van der Waals surface area contributed by atoms with Gasteiger partial charge in [0.25, 0.3) is 0 Å². The summed E-state index contributed by atoms with van der Waals surface area (Å²) < 4.78 is 0. The summed E-state index contributed by atoms with van der Waals surface area (Å²) in [7, 11) is 2.03. The predicted octanol–water partition coefficient (Wildman–Crippen LogP) is 1.93. The van der Waals surface area contributed by atoms with Crippen LogP contribution in [-0.2, 0) is 4.79 Å². The van der Waals surface area contributed by atoms with Crippen LogP contribution in [0.5, 0.6) is 0 Å². The Hall–Kier alpha value is -1.39. The zero-order valence-electron chi connectivity index (χ0n) is 12.7. The van der Waals surface area contributed by atoms with Crippen LogP contribution in [0, 0.1) is 13.8 Å². The smallest absolute Gasteiger partial charge is 0.238 e. The molecule has 1 fully saturated rings. The standard InChI is InChI=1S/C16H25N3O/c1-12-6-7-14(9-13(12)2)18-16(20)11-19(3)15-5-4-8-17-10-15/h6-7,9,15,17H,4-5,8,10-11H2,1-3H3,(H,18,20). The van der Waals surface area contributed by atoms with Crippen LogP contribution in [-0.4, -0.2) is 43.5 Å². The molecule has 1 aromatic carbocycles. The fourth-order valence-corrected chi connectivity index (χ4v) is 2.58. The van der Waals surface area contributed by atoms with E-state index in [2.05, 4.69) is 29.4 Å². The maximum Gasteiger partial charge on any atom is 0.238 e. The highest BCUT2D eigenvalue weighted by Crippen LogP contribution is 2.14. The van der Waals surface area contributed by atoms with E-state index in [1.807, 2.05) is 25.2 Å². The van der Waals surface area contributed by atoms with Gasteiger partial charge in [-0.2, -0.15) is 0 Å². The SMILES string of the molecule is Cc1ccc(NC(=O)CN(C)C2CCCNC2)cc1C. The molecule has 0 saturated carbocycles. The van der Waals surface area contributed by atoms with Crippen LogP contribution in [0.1, 0.15) is 24.0 Å². The van der Waals surface area contributed by atoms with E-state index < -0.39 is 0 Å². The van der Waals surface area contributed by atoms with Gasteiger partial charge in [-0.15, -0.1) is 0 Å². The van der Waals surface area contributed by atoms with Crippen molar-refractivity contribution < 1.29 is 4.79 Å². The number of benzene rings is 1. The minimum atomic E-state index is 0.0568. The molecule has 1 saturated heterocycles. The van der Waals surface area contributed by atoms with Crippen molar-refractivity contribution in [3.8, 4) is 0 Å². The van der Waals surface area contributed by atoms with Crippen molar-refractivity contribution in [1.82, 2.24) is 10.2 Å². The predicted molar refractivity (Wildman–Crippen MR) is 83.1 cm³/mol. The number of rotatable bonds is 4. The highest BCUT2D eigenvalue weighted by molar-refractivity contribution is 5.92. The number of hydrogen-bond donors (Lipinski definition) is 2. The molecule has 2 rings (SSSR count). The number of hydrogen-bond acceptors (Lipinski definition) is 3. The maximum atomic E-state index is 12.1. The molecule has 0 bridgehead atoms. The third-order valence-electron chi connectivity index (χ3n) is 4.08. The Bertz CT molecular complexity index is 467. The second kappa shape index (κ2) is 6.86. The van der Waals surface area contributed by atoms with E-state index >= 15 is 0 Å². The monoisotopic (exact) mass is 275 g/mol. The Kier molecular flexibility index (Phi) is 5.15. The zero-order chi connectivity index (χ0) is 14.5. The largest absolute Gasteiger partial charge is 0.325 e. The van der Waals surface area contributed by atoms with Crippen molar-refractivity contribution in [2.45, 2.75) is 32.7 Å². The summed E-state index contributed by atoms with van der Waals surface area (Å²) in [6.07, 6.45) is 2.36. The van der Waals surface area contributed by atoms with Gasteiger partial charge in [0.05, 0.1) is 6.54 Å². The van der Waals surface area contributed by atoms with Crippen molar-refractivity contribution in [1.29, 1.82) is 0 Å². The Labute approximate surface area is 121 Å². The molecular formula is C16H25N3O. The van der Waals surface area contributed by atoms with E-state index in [9.17, 15) is 4.79 Å². The van der Waals surface area contributed by atoms with Crippen molar-refractivity contribution >= 4 is 11.6 Å². The van der Waals surface area contributed by atoms with Crippen molar-refractivity contribution in [2.24, 2.45) is 0 Å². The topological polar surface area (TPSA) is 44.4 Å². The third kappa shape index (κ3) is 4.05. The van der Waals surface area contributed by atoms with Gasteiger partial charge in [0, 0.05) is 18.3 Å². The van der Waals surface area contributed by atoms with Crippen LogP contribution in [0.25, 0.3) is 0 Å². The first-order valence-corrected chi connectivity index (χ1v) is 7.34. The molecule has 1 heterocycles. The number of piperidine rings is 1. The van der Waals surface area contributed by atoms with Crippen LogP contribution in [0.3, 0.4) is 0 Å². The maximum absolute atomic E-state index is 12.1. The van der Waals surface area contributed by atoms with Gasteiger partial charge in [-0.3, -0.25) is 9.69 Å². The van der Waals surface area contributed by atoms with Crippen molar-refractivity contribution in [2.75, 3.05) is 32.0 Å². The molecule has 0 aromatic heterocycles. The zero-order valence-corrected chi connectivity index (χ0v) is 12.7. The molecule has 1 aromatic rings. The number of carbonyl (C=O) groups excluding carboxylic acids is 1. The average Bonchev–Trinajstić information content (AvgIpc) is 2.44. The number of nitrogens with one attached hydrogen (secondary N) is 2. The fourth-order valence-electron chi connectivity index (χ4n) is 2.58. The van der Waals surface area contributed by atoms with Crippen LogP contribution in [0.15, 0.2) is 18.2 Å². The molecule has 4 nitrogen and oxygen atoms in total. The molecule has 0 radical (unpaired) electrons. The van der Waals surface area contributed by atoms with E-state index in [0.717, 1.165) is 18.8 Å². The number of likely N-dealkylation sites (N-methyl/N-ethyl adjacent to an activating group) is 1. The number of anilines is 1. The van der Waals surface area contributed by atoms with Gasteiger partial charge in [0.1, 0.15) is 0 Å². The Balaban J connectivity index is 1.86. The van der Waals surface area contributed by atoms with Gasteiger partial charge in [-0.1, -0.05) is 6.07 Å². The van der Waals surface area contributed by atoms with E-state index in [1.165, 1.54) is 24.0 Å². The van der Waals surface area contributed by atoms with E-state index in [4.69, 9.17) is 0 Å². The summed E-state index contributed by atoms with van der Waals surface area (Å²) in [5.74, 6) is 0.0568. The number of carbonyl (C=O) groups is 1. The van der Waals surface area contributed by atoms with Gasteiger partial charge in [-0.25, -0.2) is 0 Å². The van der Waals surface area contributed by atoms with Gasteiger partial charge in [-0.05, 0) is 63.5 Å². The first-order valence-electron chi connectivity index (χ1n) is 7.34. The molecule has 4 heteroatoms. The minimum absolute atomic E-state index is 0.0568. The summed E-state index contributed by atoms with van der Waals surface area (Å²) >= 11 is 0. The third-order valence-corrected chi connectivity index (χ3v) is 4.08. The quantitative estimate of drug-likeness (QED) is 0.882. The minimum Gasteiger partial charge on any atom is -0.325 e. The first kappa shape index (κ1) is 15.0. The number of amides is 1. The second-order valence-electron chi connectivity index (χ2n) is 5.76. The lowest BCUT2D eigenvalue weighted by atomic mass is 10.1. The van der Waals surface area contributed by atoms with Gasteiger partial charge in [0.15, 0.2) is 0 Å². The van der Waals surface area contributed by atoms with E-state index in [0.29, 0.717) is 12.6 Å². The highest BCUT2D eigenvalue weighted by atomic mass is 16.2. The summed E-state index contributed by atoms with van der Waals surface area (Å²) in [5, 5.41) is 6.36. The van der Waals surface area contributed by atoms with Crippen LogP contribution >= 0.6 is 0 Å². The summed E-state index contributed by atoms with van der Waals surface area (Å²) in [6.45, 7) is 6.65. The average molecular weight is 275 g/mol. The Morgan fingerprint density at radius 2 is 2.20 bits per heavy atom. The molecule has 1 aliphatic rings. The molecular weight excluding hydrogens is 250 g/mol. The van der Waals surface area contributed by atoms with E-state index in [1.54, 1.807) is 0 Å². The molecule has 2 N–H and O–H groups in total. The Morgan fingerprint density at radius 3 is 2.85 bits per heavy atom. The van der Waals surface area contributed by atoms with Crippen molar-refractivity contribution in [3.05, 3.63) is 29.3 Å². The molecule has 1 atom stereocenters. The normalized spacial score (nSPS) is 19.1. The molecule has 110 valence electrons. The first-order chi connectivity index (χ1) is 9.56. The molecule has 0 aliphatic carbocycles. The second-order valence-corrected chi connectivity index (χ2v) is 5.76. The van der Waals surface area contributed by atoms with Gasteiger partial charge in [0.2, 0.25) is 5.91 Å². The van der Waals surface area contributed by atoms with Gasteiger partial charge < -0.3 is 10.6 Å². The molecule has 0 spiro atoms. The number of aryl methyl sites for hydroxylation is 2. The van der Waals surface area contributed by atoms with Gasteiger partial charge >= 0.3 is 0 Å². The van der Waals surface area contributed by atoms with Crippen LogP contribution < -0.4 is 10.6 Å². The summed E-state index contributed by atoms with van der Waals surface area (Å²) in [6, 6.07) is 6.49. The molecule has 20 heavy (non-hydrogen) atoms. The lowest BCUT2D eigenvalue weighted by molar-refractivity contribution is -0.117. The highest BCUT2D eigenvalue weighted by Gasteiger charge is 2.19. The van der Waals surface area contributed by atoms with Crippen molar-refractivity contribution in [3.63, 3.8) is 0 Å². The molecule has 1 amide bonds. The van der Waals surface area contributed by atoms with Crippen LogP contribution in [0.4, 0.5) is 5.69 Å². The van der Waals surface area contributed by atoms with Crippen LogP contribution in [0.2, 0.25) is 0 Å². The molecule has 1 aliphatic heterocycles. The van der Waals surface area contributed by atoms with E-state index in [-0.39, 0.29) is 5.91 Å². The summed E-state index contributed by atoms with van der Waals surface area (Å²) in [4.78, 5) is 14.2. The fraction of sp³-hybridized carbons (Fsp3) is 0.562.